The van der Waals surface area contributed by atoms with Crippen LogP contribution in [0.3, 0.4) is 0 Å². The predicted molar refractivity (Wildman–Crippen MR) is 128 cm³/mol. The number of rotatable bonds is 6. The molecule has 0 unspecified atom stereocenters. The molecular formula is C22H21N5O7S. The van der Waals surface area contributed by atoms with Gasteiger partial charge in [-0.25, -0.2) is 0 Å². The highest BCUT2D eigenvalue weighted by Crippen LogP contribution is 2.34. The fourth-order valence-electron chi connectivity index (χ4n) is 3.79. The van der Waals surface area contributed by atoms with Gasteiger partial charge in [0, 0.05) is 29.6 Å². The summed E-state index contributed by atoms with van der Waals surface area (Å²) in [6.07, 6.45) is 0.577. The molecule has 0 spiro atoms. The van der Waals surface area contributed by atoms with E-state index in [1.54, 1.807) is 0 Å². The number of anilines is 1. The van der Waals surface area contributed by atoms with E-state index in [4.69, 9.17) is 5.73 Å². The van der Waals surface area contributed by atoms with Gasteiger partial charge >= 0.3 is 0 Å². The molecule has 1 amide bonds. The van der Waals surface area contributed by atoms with E-state index in [0.29, 0.717) is 6.42 Å². The maximum absolute atomic E-state index is 13.5. The third kappa shape index (κ3) is 4.21. The Morgan fingerprint density at radius 2 is 1.97 bits per heavy atom. The first-order chi connectivity index (χ1) is 16.4. The van der Waals surface area contributed by atoms with Crippen LogP contribution in [-0.4, -0.2) is 34.8 Å². The van der Waals surface area contributed by atoms with Crippen LogP contribution >= 0.6 is 0 Å². The van der Waals surface area contributed by atoms with Gasteiger partial charge in [-0.3, -0.25) is 19.7 Å². The molecule has 1 aliphatic rings. The predicted octanol–water partition coefficient (Wildman–Crippen LogP) is 2.32. The van der Waals surface area contributed by atoms with Crippen LogP contribution in [0.5, 0.6) is 5.75 Å². The Morgan fingerprint density at radius 3 is 2.60 bits per heavy atom. The quantitative estimate of drug-likeness (QED) is 0.340. The Morgan fingerprint density at radius 1 is 1.26 bits per heavy atom. The standard InChI is InChI=1S/C22H21N5O7S/c1-11(2)7-8-26-16-6-4-13(27(31)32)10-14(16)19(28)18(22(26)30)21-24-15-5-3-12(20(23)29)9-17(15)35(33,34)25-21/h3-6,9-11,28H,7-8H2,1-2H3,(H2,23,29)(H,24,25). The highest BCUT2D eigenvalue weighted by atomic mass is 32.2. The molecule has 182 valence electrons. The number of nitrogens with zero attached hydrogens (tertiary/aromatic N) is 3. The largest absolute Gasteiger partial charge is 0.506 e. The first-order valence-electron chi connectivity index (χ1n) is 10.5. The van der Waals surface area contributed by atoms with Gasteiger partial charge in [-0.05, 0) is 36.6 Å². The molecule has 12 nitrogen and oxygen atoms in total. The van der Waals surface area contributed by atoms with Crippen molar-refractivity contribution in [2.45, 2.75) is 31.7 Å². The third-order valence-corrected chi connectivity index (χ3v) is 6.92. The second kappa shape index (κ2) is 8.51. The zero-order chi connectivity index (χ0) is 25.7. The van der Waals surface area contributed by atoms with E-state index in [-0.39, 0.29) is 45.2 Å². The average molecular weight is 500 g/mol. The van der Waals surface area contributed by atoms with Gasteiger partial charge in [0.2, 0.25) is 5.91 Å². The normalized spacial score (nSPS) is 14.3. The van der Waals surface area contributed by atoms with Crippen LogP contribution in [-0.2, 0) is 16.6 Å². The number of sulfonamides is 1. The lowest BCUT2D eigenvalue weighted by Crippen LogP contribution is -2.33. The lowest BCUT2D eigenvalue weighted by atomic mass is 10.1. The lowest BCUT2D eigenvalue weighted by Gasteiger charge is -2.21. The van der Waals surface area contributed by atoms with Crippen LogP contribution in [0.1, 0.15) is 36.2 Å². The number of nitrogens with one attached hydrogen (secondary N) is 1. The van der Waals surface area contributed by atoms with E-state index in [1.807, 2.05) is 13.8 Å². The van der Waals surface area contributed by atoms with Crippen LogP contribution in [0.4, 0.5) is 11.4 Å². The summed E-state index contributed by atoms with van der Waals surface area (Å²) in [5.41, 5.74) is 3.97. The highest BCUT2D eigenvalue weighted by molar-refractivity contribution is 7.90. The lowest BCUT2D eigenvalue weighted by molar-refractivity contribution is -0.384. The first kappa shape index (κ1) is 23.9. The van der Waals surface area contributed by atoms with Crippen LogP contribution in [0, 0.1) is 16.0 Å². The number of aryl methyl sites for hydroxylation is 1. The number of pyridine rings is 1. The third-order valence-electron chi connectivity index (χ3n) is 5.61. The minimum atomic E-state index is -4.39. The smallest absolute Gasteiger partial charge is 0.286 e. The second-order valence-electron chi connectivity index (χ2n) is 8.44. The summed E-state index contributed by atoms with van der Waals surface area (Å²) in [5.74, 6) is -1.71. The van der Waals surface area contributed by atoms with E-state index >= 15 is 0 Å². The number of nitrogens with two attached hydrogens (primary N) is 1. The van der Waals surface area contributed by atoms with Gasteiger partial charge in [0.25, 0.3) is 21.3 Å². The molecule has 0 bridgehead atoms. The number of aromatic nitrogens is 1. The van der Waals surface area contributed by atoms with Crippen molar-refractivity contribution in [3.63, 3.8) is 0 Å². The molecule has 2 heterocycles. The van der Waals surface area contributed by atoms with Gasteiger partial charge in [-0.15, -0.1) is 4.40 Å². The van der Waals surface area contributed by atoms with Crippen molar-refractivity contribution in [1.82, 2.24) is 4.57 Å². The number of primary amides is 1. The molecule has 0 fully saturated rings. The maximum atomic E-state index is 13.5. The number of nitro benzene ring substituents is 1. The minimum absolute atomic E-state index is 0.00525. The van der Waals surface area contributed by atoms with E-state index in [0.717, 1.165) is 12.1 Å². The number of hydrogen-bond donors (Lipinski definition) is 3. The molecule has 0 saturated carbocycles. The molecule has 35 heavy (non-hydrogen) atoms. The van der Waals surface area contributed by atoms with Crippen LogP contribution < -0.4 is 16.6 Å². The average Bonchev–Trinajstić information content (AvgIpc) is 2.77. The van der Waals surface area contributed by atoms with Crippen molar-refractivity contribution in [2.24, 2.45) is 16.0 Å². The van der Waals surface area contributed by atoms with Gasteiger partial charge in [-0.1, -0.05) is 13.8 Å². The summed E-state index contributed by atoms with van der Waals surface area (Å²) in [5, 5.41) is 25.0. The number of carbonyl (C=O) groups is 1. The molecular weight excluding hydrogens is 478 g/mol. The summed E-state index contributed by atoms with van der Waals surface area (Å²) in [6, 6.07) is 7.36. The van der Waals surface area contributed by atoms with Crippen molar-refractivity contribution >= 4 is 44.0 Å². The Labute approximate surface area is 198 Å². The zero-order valence-electron chi connectivity index (χ0n) is 18.7. The molecule has 3 aromatic rings. The second-order valence-corrected chi connectivity index (χ2v) is 10.0. The van der Waals surface area contributed by atoms with E-state index in [1.165, 1.54) is 28.8 Å². The van der Waals surface area contributed by atoms with Crippen molar-refractivity contribution in [1.29, 1.82) is 0 Å². The van der Waals surface area contributed by atoms with Gasteiger partial charge < -0.3 is 20.7 Å². The molecule has 13 heteroatoms. The number of hydrogen-bond acceptors (Lipinski definition) is 8. The van der Waals surface area contributed by atoms with Gasteiger partial charge in [0.15, 0.2) is 5.84 Å². The Hall–Kier alpha value is -4.26. The maximum Gasteiger partial charge on any atom is 0.286 e. The van der Waals surface area contributed by atoms with Crippen molar-refractivity contribution in [3.05, 3.63) is 68.0 Å². The van der Waals surface area contributed by atoms with E-state index < -0.39 is 43.6 Å². The molecule has 4 rings (SSSR count). The number of nitro groups is 1. The fourth-order valence-corrected chi connectivity index (χ4v) is 4.93. The Kier molecular flexibility index (Phi) is 5.80. The number of amides is 1. The summed E-state index contributed by atoms with van der Waals surface area (Å²) in [7, 11) is -4.39. The van der Waals surface area contributed by atoms with Gasteiger partial charge in [0.1, 0.15) is 16.2 Å². The highest BCUT2D eigenvalue weighted by Gasteiger charge is 2.31. The number of non-ortho nitro benzene ring substituents is 1. The topological polar surface area (TPSA) is 187 Å². The summed E-state index contributed by atoms with van der Waals surface area (Å²) in [6.45, 7) is 4.13. The van der Waals surface area contributed by atoms with E-state index in [9.17, 15) is 33.2 Å². The van der Waals surface area contributed by atoms with Crippen LogP contribution in [0.15, 0.2) is 50.5 Å². The number of fused-ring (bicyclic) bond motifs is 2. The van der Waals surface area contributed by atoms with Crippen LogP contribution in [0.2, 0.25) is 0 Å². The van der Waals surface area contributed by atoms with Gasteiger partial charge in [0.05, 0.1) is 16.1 Å². The molecule has 1 aromatic heterocycles. The molecule has 0 atom stereocenters. The molecule has 1 aliphatic heterocycles. The Balaban J connectivity index is 1.99. The number of amidine groups is 1. The first-order valence-corrected chi connectivity index (χ1v) is 11.9. The van der Waals surface area contributed by atoms with Gasteiger partial charge in [-0.2, -0.15) is 8.42 Å². The number of benzene rings is 2. The Bertz CT molecular complexity index is 1610. The molecule has 0 saturated heterocycles. The van der Waals surface area contributed by atoms with E-state index in [2.05, 4.69) is 9.71 Å². The monoisotopic (exact) mass is 499 g/mol. The summed E-state index contributed by atoms with van der Waals surface area (Å²) >= 11 is 0. The molecule has 0 radical (unpaired) electrons. The van der Waals surface area contributed by atoms with Crippen molar-refractivity contribution in [3.8, 4) is 5.75 Å². The van der Waals surface area contributed by atoms with Crippen molar-refractivity contribution < 1.29 is 23.2 Å². The molecule has 0 aliphatic carbocycles. The summed E-state index contributed by atoms with van der Waals surface area (Å²) in [4.78, 5) is 35.3. The SMILES string of the molecule is CC(C)CCn1c(=O)c(C2=NS(=O)(=O)c3cc(C(N)=O)ccc3N2)c(O)c2cc([N+](=O)[O-])ccc21. The number of carbonyl (C=O) groups excluding carboxylic acids is 1. The van der Waals surface area contributed by atoms with Crippen molar-refractivity contribution in [2.75, 3.05) is 5.32 Å². The zero-order valence-corrected chi connectivity index (χ0v) is 19.5. The minimum Gasteiger partial charge on any atom is -0.506 e. The van der Waals surface area contributed by atoms with Crippen LogP contribution in [0.25, 0.3) is 10.9 Å². The molecule has 2 aromatic carbocycles. The molecule has 4 N–H and O–H groups in total. The number of aromatic hydroxyl groups is 1. The fraction of sp³-hybridized carbons (Fsp3) is 0.227. The summed E-state index contributed by atoms with van der Waals surface area (Å²) < 4.78 is 30.8.